The summed E-state index contributed by atoms with van der Waals surface area (Å²) >= 11 is 1.52. The van der Waals surface area contributed by atoms with Crippen molar-refractivity contribution in [2.45, 2.75) is 25.3 Å². The summed E-state index contributed by atoms with van der Waals surface area (Å²) in [5.74, 6) is 0.938. The first kappa shape index (κ1) is 20.3. The van der Waals surface area contributed by atoms with Crippen LogP contribution in [0, 0.1) is 6.92 Å². The van der Waals surface area contributed by atoms with Crippen LogP contribution in [0.4, 0.5) is 0 Å². The summed E-state index contributed by atoms with van der Waals surface area (Å²) in [7, 11) is -2.26. The van der Waals surface area contributed by atoms with Crippen molar-refractivity contribution in [2.75, 3.05) is 13.7 Å². The smallest absolute Gasteiger partial charge is 0.244 e. The lowest BCUT2D eigenvalue weighted by molar-refractivity contribution is 0.331. The molecule has 0 bridgehead atoms. The van der Waals surface area contributed by atoms with E-state index in [1.807, 2.05) is 43.5 Å². The number of rotatable bonds is 8. The number of thiazole rings is 1. The van der Waals surface area contributed by atoms with Gasteiger partial charge in [-0.25, -0.2) is 18.1 Å². The van der Waals surface area contributed by atoms with Crippen molar-refractivity contribution in [3.05, 3.63) is 58.4 Å². The maximum Gasteiger partial charge on any atom is 0.244 e. The maximum atomic E-state index is 13.0. The van der Waals surface area contributed by atoms with E-state index in [4.69, 9.17) is 9.47 Å². The molecule has 28 heavy (non-hydrogen) atoms. The Labute approximate surface area is 169 Å². The van der Waals surface area contributed by atoms with E-state index < -0.39 is 10.0 Å². The van der Waals surface area contributed by atoms with Gasteiger partial charge in [-0.1, -0.05) is 18.2 Å². The lowest BCUT2D eigenvalue weighted by Crippen LogP contribution is -2.24. The zero-order valence-electron chi connectivity index (χ0n) is 15.9. The molecule has 0 fully saturated rings. The Morgan fingerprint density at radius 2 is 1.93 bits per heavy atom. The number of nitrogens with one attached hydrogen (secondary N) is 1. The first-order chi connectivity index (χ1) is 13.4. The standard InChI is InChI=1S/C20H22N2O4S2/c1-4-26-19-10-9-15(17-13-27-14(2)22-17)11-20(19)28(23,24)21-12-16-7-5-6-8-18(16)25-3/h5-11,13,21H,4,12H2,1-3H3. The van der Waals surface area contributed by atoms with Crippen LogP contribution in [0.25, 0.3) is 11.3 Å². The molecule has 1 heterocycles. The number of methoxy groups -OCH3 is 1. The molecule has 0 unspecified atom stereocenters. The van der Waals surface area contributed by atoms with Crippen molar-refractivity contribution in [1.29, 1.82) is 0 Å². The molecule has 3 aromatic rings. The second kappa shape index (κ2) is 8.72. The van der Waals surface area contributed by atoms with Gasteiger partial charge in [-0.05, 0) is 38.1 Å². The monoisotopic (exact) mass is 418 g/mol. The lowest BCUT2D eigenvalue weighted by Gasteiger charge is -2.14. The number of sulfonamides is 1. The SMILES string of the molecule is CCOc1ccc(-c2csc(C)n2)cc1S(=O)(=O)NCc1ccccc1OC. The van der Waals surface area contributed by atoms with Gasteiger partial charge in [-0.3, -0.25) is 0 Å². The van der Waals surface area contributed by atoms with Crippen LogP contribution in [0.2, 0.25) is 0 Å². The van der Waals surface area contributed by atoms with Gasteiger partial charge in [0.1, 0.15) is 16.4 Å². The number of aromatic nitrogens is 1. The summed E-state index contributed by atoms with van der Waals surface area (Å²) in [6.07, 6.45) is 0. The molecule has 0 amide bonds. The number of hydrogen-bond acceptors (Lipinski definition) is 6. The van der Waals surface area contributed by atoms with E-state index in [0.717, 1.165) is 21.8 Å². The van der Waals surface area contributed by atoms with E-state index in [0.29, 0.717) is 18.1 Å². The molecule has 1 aromatic heterocycles. The van der Waals surface area contributed by atoms with Crippen LogP contribution in [0.3, 0.4) is 0 Å². The largest absolute Gasteiger partial charge is 0.496 e. The van der Waals surface area contributed by atoms with Crippen molar-refractivity contribution < 1.29 is 17.9 Å². The van der Waals surface area contributed by atoms with Gasteiger partial charge in [0, 0.05) is 23.1 Å². The molecule has 8 heteroatoms. The number of para-hydroxylation sites is 1. The van der Waals surface area contributed by atoms with E-state index in [-0.39, 0.29) is 11.4 Å². The number of aryl methyl sites for hydroxylation is 1. The van der Waals surface area contributed by atoms with Gasteiger partial charge >= 0.3 is 0 Å². The van der Waals surface area contributed by atoms with Crippen LogP contribution in [0.15, 0.2) is 52.7 Å². The fourth-order valence-electron chi connectivity index (χ4n) is 2.75. The van der Waals surface area contributed by atoms with Crippen LogP contribution in [-0.2, 0) is 16.6 Å². The van der Waals surface area contributed by atoms with E-state index in [1.165, 1.54) is 11.3 Å². The highest BCUT2D eigenvalue weighted by Gasteiger charge is 2.21. The minimum Gasteiger partial charge on any atom is -0.496 e. The zero-order valence-corrected chi connectivity index (χ0v) is 17.6. The third-order valence-corrected chi connectivity index (χ3v) is 6.29. The molecular weight excluding hydrogens is 396 g/mol. The molecule has 148 valence electrons. The van der Waals surface area contributed by atoms with Gasteiger partial charge in [0.15, 0.2) is 0 Å². The second-order valence-electron chi connectivity index (χ2n) is 5.98. The highest BCUT2D eigenvalue weighted by atomic mass is 32.2. The van der Waals surface area contributed by atoms with Crippen molar-refractivity contribution in [3.8, 4) is 22.8 Å². The van der Waals surface area contributed by atoms with Gasteiger partial charge < -0.3 is 9.47 Å². The summed E-state index contributed by atoms with van der Waals surface area (Å²) < 4.78 is 39.6. The fourth-order valence-corrected chi connectivity index (χ4v) is 4.54. The minimum absolute atomic E-state index is 0.0902. The molecule has 0 aliphatic carbocycles. The normalized spacial score (nSPS) is 11.4. The summed E-state index contributed by atoms with van der Waals surface area (Å²) in [5, 5.41) is 2.83. The Morgan fingerprint density at radius 1 is 1.14 bits per heavy atom. The van der Waals surface area contributed by atoms with Gasteiger partial charge in [0.25, 0.3) is 0 Å². The molecule has 0 saturated heterocycles. The number of nitrogens with zero attached hydrogens (tertiary/aromatic N) is 1. The molecule has 0 radical (unpaired) electrons. The third kappa shape index (κ3) is 4.52. The van der Waals surface area contributed by atoms with Gasteiger partial charge in [0.05, 0.1) is 24.4 Å². The summed E-state index contributed by atoms with van der Waals surface area (Å²) in [6.45, 7) is 4.20. The van der Waals surface area contributed by atoms with Crippen LogP contribution in [0.1, 0.15) is 17.5 Å². The first-order valence-corrected chi connectivity index (χ1v) is 11.1. The van der Waals surface area contributed by atoms with Crippen LogP contribution >= 0.6 is 11.3 Å². The van der Waals surface area contributed by atoms with E-state index in [1.54, 1.807) is 25.3 Å². The maximum absolute atomic E-state index is 13.0. The fraction of sp³-hybridized carbons (Fsp3) is 0.250. The van der Waals surface area contributed by atoms with Crippen molar-refractivity contribution >= 4 is 21.4 Å². The Kier molecular flexibility index (Phi) is 6.33. The van der Waals surface area contributed by atoms with Crippen molar-refractivity contribution in [1.82, 2.24) is 9.71 Å². The Morgan fingerprint density at radius 3 is 2.61 bits per heavy atom. The van der Waals surface area contributed by atoms with Gasteiger partial charge in [0.2, 0.25) is 10.0 Å². The van der Waals surface area contributed by atoms with Crippen LogP contribution in [0.5, 0.6) is 11.5 Å². The topological polar surface area (TPSA) is 77.5 Å². The van der Waals surface area contributed by atoms with E-state index in [2.05, 4.69) is 9.71 Å². The highest BCUT2D eigenvalue weighted by molar-refractivity contribution is 7.89. The summed E-state index contributed by atoms with van der Waals surface area (Å²) in [5.41, 5.74) is 2.22. The molecular formula is C20H22N2O4S2. The van der Waals surface area contributed by atoms with Crippen molar-refractivity contribution in [3.63, 3.8) is 0 Å². The summed E-state index contributed by atoms with van der Waals surface area (Å²) in [4.78, 5) is 4.53. The number of benzene rings is 2. The molecule has 3 rings (SSSR count). The summed E-state index contributed by atoms with van der Waals surface area (Å²) in [6, 6.07) is 12.4. The number of hydrogen-bond donors (Lipinski definition) is 1. The minimum atomic E-state index is -3.81. The average Bonchev–Trinajstić information content (AvgIpc) is 3.13. The molecule has 1 N–H and O–H groups in total. The molecule has 6 nitrogen and oxygen atoms in total. The zero-order chi connectivity index (χ0) is 20.1. The Hall–Kier alpha value is -2.42. The van der Waals surface area contributed by atoms with Crippen molar-refractivity contribution in [2.24, 2.45) is 0 Å². The molecule has 2 aromatic carbocycles. The van der Waals surface area contributed by atoms with Crippen LogP contribution < -0.4 is 14.2 Å². The van der Waals surface area contributed by atoms with Crippen LogP contribution in [-0.4, -0.2) is 27.1 Å². The molecule has 0 spiro atoms. The lowest BCUT2D eigenvalue weighted by atomic mass is 10.2. The van der Waals surface area contributed by atoms with E-state index >= 15 is 0 Å². The number of ether oxygens (including phenoxy) is 2. The Balaban J connectivity index is 1.94. The molecule has 0 aliphatic rings. The van der Waals surface area contributed by atoms with E-state index in [9.17, 15) is 8.42 Å². The van der Waals surface area contributed by atoms with Gasteiger partial charge in [-0.2, -0.15) is 0 Å². The van der Waals surface area contributed by atoms with Gasteiger partial charge in [-0.15, -0.1) is 11.3 Å². The second-order valence-corrected chi connectivity index (χ2v) is 8.78. The molecule has 0 saturated carbocycles. The predicted molar refractivity (Wildman–Crippen MR) is 110 cm³/mol. The predicted octanol–water partition coefficient (Wildman–Crippen LogP) is 4.00. The third-order valence-electron chi connectivity index (χ3n) is 4.09. The molecule has 0 atom stereocenters. The highest BCUT2D eigenvalue weighted by Crippen LogP contribution is 2.31. The average molecular weight is 419 g/mol. The molecule has 0 aliphatic heterocycles. The quantitative estimate of drug-likeness (QED) is 0.598. The Bertz CT molecular complexity index is 1060. The first-order valence-electron chi connectivity index (χ1n) is 8.75.